The molecule has 1 N–H and O–H groups in total. The monoisotopic (exact) mass is 328 g/mol. The third kappa shape index (κ3) is 6.63. The number of rotatable bonds is 6. The lowest BCUT2D eigenvalue weighted by Gasteiger charge is -2.25. The Balaban J connectivity index is 2.74. The molecular formula is C16H22F2N2O3. The van der Waals surface area contributed by atoms with Crippen LogP contribution in [0.1, 0.15) is 38.1 Å². The number of nitrogens with one attached hydrogen (secondary N) is 1. The average Bonchev–Trinajstić information content (AvgIpc) is 2.42. The Morgan fingerprint density at radius 2 is 1.78 bits per heavy atom. The van der Waals surface area contributed by atoms with Crippen LogP contribution in [0.2, 0.25) is 0 Å². The highest BCUT2D eigenvalue weighted by Crippen LogP contribution is 2.16. The minimum atomic E-state index is -2.91. The summed E-state index contributed by atoms with van der Waals surface area (Å²) >= 11 is 0. The van der Waals surface area contributed by atoms with Crippen molar-refractivity contribution in [2.24, 2.45) is 0 Å². The molecule has 0 atom stereocenters. The third-order valence-corrected chi connectivity index (χ3v) is 2.84. The van der Waals surface area contributed by atoms with Crippen molar-refractivity contribution in [2.75, 3.05) is 13.1 Å². The number of ether oxygens (including phenoxy) is 1. The first kappa shape index (κ1) is 18.9. The highest BCUT2D eigenvalue weighted by molar-refractivity contribution is 5.96. The Labute approximate surface area is 134 Å². The van der Waals surface area contributed by atoms with E-state index in [4.69, 9.17) is 0 Å². The summed E-state index contributed by atoms with van der Waals surface area (Å²) in [7, 11) is 0. The molecule has 1 aromatic rings. The van der Waals surface area contributed by atoms with Gasteiger partial charge in [-0.3, -0.25) is 9.59 Å². The van der Waals surface area contributed by atoms with Crippen molar-refractivity contribution in [1.82, 2.24) is 10.2 Å². The smallest absolute Gasteiger partial charge is 0.387 e. The number of nitrogens with zero attached hydrogens (tertiary/aromatic N) is 1. The van der Waals surface area contributed by atoms with Crippen LogP contribution in [-0.2, 0) is 4.79 Å². The van der Waals surface area contributed by atoms with E-state index >= 15 is 0 Å². The van der Waals surface area contributed by atoms with Crippen LogP contribution in [0.5, 0.6) is 5.75 Å². The summed E-state index contributed by atoms with van der Waals surface area (Å²) in [5, 5.41) is 2.78. The second-order valence-electron chi connectivity index (χ2n) is 6.02. The van der Waals surface area contributed by atoms with E-state index in [1.54, 1.807) is 6.92 Å². The predicted molar refractivity (Wildman–Crippen MR) is 82.5 cm³/mol. The summed E-state index contributed by atoms with van der Waals surface area (Å²) in [6.45, 7) is 4.69. The van der Waals surface area contributed by atoms with Gasteiger partial charge in [-0.1, -0.05) is 0 Å². The highest BCUT2D eigenvalue weighted by atomic mass is 19.3. The Kier molecular flexibility index (Phi) is 6.48. The van der Waals surface area contributed by atoms with E-state index in [1.165, 1.54) is 29.2 Å². The van der Waals surface area contributed by atoms with Gasteiger partial charge < -0.3 is 15.0 Å². The van der Waals surface area contributed by atoms with E-state index < -0.39 is 6.61 Å². The van der Waals surface area contributed by atoms with Gasteiger partial charge in [-0.2, -0.15) is 8.78 Å². The number of alkyl halides is 2. The average molecular weight is 328 g/mol. The van der Waals surface area contributed by atoms with E-state index in [1.807, 2.05) is 20.8 Å². The molecule has 1 rings (SSSR count). The summed E-state index contributed by atoms with van der Waals surface area (Å²) in [4.78, 5) is 25.7. The number of amides is 2. The van der Waals surface area contributed by atoms with Gasteiger partial charge in [-0.15, -0.1) is 0 Å². The molecule has 0 fully saturated rings. The van der Waals surface area contributed by atoms with E-state index in [0.29, 0.717) is 12.1 Å². The second kappa shape index (κ2) is 7.89. The van der Waals surface area contributed by atoms with Crippen LogP contribution in [0.25, 0.3) is 0 Å². The molecule has 0 heterocycles. The maximum Gasteiger partial charge on any atom is 0.387 e. The molecule has 2 amide bonds. The molecule has 23 heavy (non-hydrogen) atoms. The normalized spacial score (nSPS) is 11.3. The highest BCUT2D eigenvalue weighted by Gasteiger charge is 2.20. The quantitative estimate of drug-likeness (QED) is 0.873. The first-order valence-corrected chi connectivity index (χ1v) is 7.27. The van der Waals surface area contributed by atoms with Crippen LogP contribution in [0, 0.1) is 0 Å². The van der Waals surface area contributed by atoms with Crippen molar-refractivity contribution >= 4 is 11.8 Å². The molecule has 0 radical (unpaired) electrons. The number of carbonyl (C=O) groups is 2. The fourth-order valence-electron chi connectivity index (χ4n) is 1.92. The van der Waals surface area contributed by atoms with Crippen LogP contribution in [0.15, 0.2) is 24.3 Å². The molecule has 0 aliphatic rings. The van der Waals surface area contributed by atoms with Crippen LogP contribution in [0.3, 0.4) is 0 Å². The molecule has 0 aromatic heterocycles. The number of halogens is 2. The van der Waals surface area contributed by atoms with Gasteiger partial charge in [-0.25, -0.2) is 0 Å². The van der Waals surface area contributed by atoms with Gasteiger partial charge in [-0.05, 0) is 52.0 Å². The standard InChI is InChI=1S/C16H22F2N2O3/c1-5-20(10-13(21)19-16(2,3)4)14(22)11-6-8-12(9-7-11)23-15(17)18/h6-9,15H,5,10H2,1-4H3,(H,19,21). The molecular weight excluding hydrogens is 306 g/mol. The summed E-state index contributed by atoms with van der Waals surface area (Å²) < 4.78 is 28.4. The maximum atomic E-state index is 12.4. The largest absolute Gasteiger partial charge is 0.435 e. The molecule has 0 aliphatic heterocycles. The fourth-order valence-corrected chi connectivity index (χ4v) is 1.92. The van der Waals surface area contributed by atoms with Gasteiger partial charge in [0.15, 0.2) is 0 Å². The molecule has 0 spiro atoms. The lowest BCUT2D eigenvalue weighted by molar-refractivity contribution is -0.123. The minimum absolute atomic E-state index is 0.0231. The Morgan fingerprint density at radius 1 is 1.22 bits per heavy atom. The summed E-state index contributed by atoms with van der Waals surface area (Å²) in [6, 6.07) is 5.37. The number of hydrogen-bond acceptors (Lipinski definition) is 3. The molecule has 128 valence electrons. The molecule has 0 aliphatic carbocycles. The maximum absolute atomic E-state index is 12.4. The molecule has 0 unspecified atom stereocenters. The summed E-state index contributed by atoms with van der Waals surface area (Å²) in [5.74, 6) is -0.629. The summed E-state index contributed by atoms with van der Waals surface area (Å²) in [5.41, 5.74) is -0.0783. The molecule has 7 heteroatoms. The van der Waals surface area contributed by atoms with Gasteiger partial charge in [0.2, 0.25) is 5.91 Å². The minimum Gasteiger partial charge on any atom is -0.435 e. The van der Waals surface area contributed by atoms with Gasteiger partial charge in [0.25, 0.3) is 5.91 Å². The van der Waals surface area contributed by atoms with E-state index in [0.717, 1.165) is 0 Å². The van der Waals surface area contributed by atoms with Crippen molar-refractivity contribution in [3.05, 3.63) is 29.8 Å². The molecule has 5 nitrogen and oxygen atoms in total. The van der Waals surface area contributed by atoms with Crippen molar-refractivity contribution < 1.29 is 23.1 Å². The number of hydrogen-bond donors (Lipinski definition) is 1. The van der Waals surface area contributed by atoms with Crippen molar-refractivity contribution in [1.29, 1.82) is 0 Å². The number of benzene rings is 1. The number of likely N-dealkylation sites (N-methyl/N-ethyl adjacent to an activating group) is 1. The lowest BCUT2D eigenvalue weighted by Crippen LogP contribution is -2.47. The topological polar surface area (TPSA) is 58.6 Å². The first-order valence-electron chi connectivity index (χ1n) is 7.27. The van der Waals surface area contributed by atoms with E-state index in [2.05, 4.69) is 10.1 Å². The van der Waals surface area contributed by atoms with Crippen molar-refractivity contribution in [3.63, 3.8) is 0 Å². The predicted octanol–water partition coefficient (Wildman–Crippen LogP) is 2.66. The summed E-state index contributed by atoms with van der Waals surface area (Å²) in [6.07, 6.45) is 0. The first-order chi connectivity index (χ1) is 10.6. The second-order valence-corrected chi connectivity index (χ2v) is 6.02. The zero-order chi connectivity index (χ0) is 17.6. The molecule has 0 saturated heterocycles. The van der Waals surface area contributed by atoms with Crippen LogP contribution >= 0.6 is 0 Å². The third-order valence-electron chi connectivity index (χ3n) is 2.84. The van der Waals surface area contributed by atoms with Crippen molar-refractivity contribution in [2.45, 2.75) is 39.8 Å². The van der Waals surface area contributed by atoms with E-state index in [-0.39, 0.29) is 29.6 Å². The Bertz CT molecular complexity index is 539. The fraction of sp³-hybridized carbons (Fsp3) is 0.500. The van der Waals surface area contributed by atoms with Crippen LogP contribution in [-0.4, -0.2) is 42.0 Å². The Morgan fingerprint density at radius 3 is 2.22 bits per heavy atom. The molecule has 0 bridgehead atoms. The SMILES string of the molecule is CCN(CC(=O)NC(C)(C)C)C(=O)c1ccc(OC(F)F)cc1. The van der Waals surface area contributed by atoms with E-state index in [9.17, 15) is 18.4 Å². The zero-order valence-corrected chi connectivity index (χ0v) is 13.7. The molecule has 1 aromatic carbocycles. The van der Waals surface area contributed by atoms with Gasteiger partial charge >= 0.3 is 6.61 Å². The molecule has 0 saturated carbocycles. The number of carbonyl (C=O) groups excluding carboxylic acids is 2. The Hall–Kier alpha value is -2.18. The van der Waals surface area contributed by atoms with Gasteiger partial charge in [0.1, 0.15) is 5.75 Å². The zero-order valence-electron chi connectivity index (χ0n) is 13.7. The van der Waals surface area contributed by atoms with Crippen LogP contribution in [0.4, 0.5) is 8.78 Å². The van der Waals surface area contributed by atoms with Crippen molar-refractivity contribution in [3.8, 4) is 5.75 Å². The lowest BCUT2D eigenvalue weighted by atomic mass is 10.1. The van der Waals surface area contributed by atoms with Crippen LogP contribution < -0.4 is 10.1 Å². The van der Waals surface area contributed by atoms with Gasteiger partial charge in [0.05, 0.1) is 6.54 Å². The van der Waals surface area contributed by atoms with Gasteiger partial charge in [0, 0.05) is 17.6 Å².